The van der Waals surface area contributed by atoms with Gasteiger partial charge in [-0.15, -0.1) is 0 Å². The van der Waals surface area contributed by atoms with Crippen molar-refractivity contribution in [2.75, 3.05) is 0 Å². The van der Waals surface area contributed by atoms with Crippen molar-refractivity contribution in [3.05, 3.63) is 35.1 Å². The molecule has 1 aromatic rings. The van der Waals surface area contributed by atoms with E-state index in [0.717, 1.165) is 44.2 Å². The Morgan fingerprint density at radius 2 is 1.19 bits per heavy atom. The molecule has 31 heavy (non-hydrogen) atoms. The minimum Gasteiger partial charge on any atom is -0.389 e. The first-order valence-electron chi connectivity index (χ1n) is 12.5. The minimum absolute atomic E-state index is 0.0223. The number of unbranched alkanes of at least 4 members (excludes halogenated alkanes) is 7. The molecule has 0 fully saturated rings. The van der Waals surface area contributed by atoms with Gasteiger partial charge in [0, 0.05) is 17.7 Å². The fraction of sp³-hybridized carbons (Fsp3) is 0.778. The number of aliphatic hydroxyl groups is 1. The van der Waals surface area contributed by atoms with Gasteiger partial charge in [0.25, 0.3) is 0 Å². The van der Waals surface area contributed by atoms with Crippen molar-refractivity contribution in [3.8, 4) is 0 Å². The van der Waals surface area contributed by atoms with Crippen molar-refractivity contribution in [1.29, 1.82) is 0 Å². The lowest BCUT2D eigenvalue weighted by Crippen LogP contribution is -2.47. The second kappa shape index (κ2) is 14.2. The number of hydrogen-bond donors (Lipinski definition) is 1. The molecule has 4 heteroatoms. The monoisotopic (exact) mass is 442 g/mol. The van der Waals surface area contributed by atoms with Crippen LogP contribution >= 0.6 is 0 Å². The molecule has 1 unspecified atom stereocenters. The zero-order valence-corrected chi connectivity index (χ0v) is 20.5. The van der Waals surface area contributed by atoms with Crippen molar-refractivity contribution < 1.29 is 18.3 Å². The van der Waals surface area contributed by atoms with E-state index in [1.807, 2.05) is 0 Å². The number of benzene rings is 1. The van der Waals surface area contributed by atoms with E-state index in [-0.39, 0.29) is 29.7 Å². The highest BCUT2D eigenvalue weighted by Crippen LogP contribution is 2.39. The molecular weight excluding hydrogens is 397 g/mol. The molecule has 0 bridgehead atoms. The SMILES string of the molecule is CCCCCCCCC(CCCCCc1c(F)cc(F)cc1F)C(O)(C(C)C)C(C)C. The molecule has 1 atom stereocenters. The largest absolute Gasteiger partial charge is 0.389 e. The molecular formula is C27H45F3O. The molecule has 0 radical (unpaired) electrons. The van der Waals surface area contributed by atoms with Crippen LogP contribution in [0.25, 0.3) is 0 Å². The normalized spacial score (nSPS) is 13.4. The maximum atomic E-state index is 13.8. The molecule has 0 aromatic heterocycles. The van der Waals surface area contributed by atoms with E-state index in [2.05, 4.69) is 34.6 Å². The highest BCUT2D eigenvalue weighted by atomic mass is 19.1. The van der Waals surface area contributed by atoms with Crippen molar-refractivity contribution in [2.45, 2.75) is 117 Å². The van der Waals surface area contributed by atoms with E-state index >= 15 is 0 Å². The Bertz CT molecular complexity index is 596. The summed E-state index contributed by atoms with van der Waals surface area (Å²) in [6, 6.07) is 1.50. The van der Waals surface area contributed by atoms with Gasteiger partial charge in [-0.2, -0.15) is 0 Å². The summed E-state index contributed by atoms with van der Waals surface area (Å²) in [4.78, 5) is 0. The number of rotatable bonds is 16. The van der Waals surface area contributed by atoms with Crippen LogP contribution in [0.3, 0.4) is 0 Å². The van der Waals surface area contributed by atoms with Gasteiger partial charge in [-0.3, -0.25) is 0 Å². The molecule has 1 nitrogen and oxygen atoms in total. The second-order valence-corrected chi connectivity index (χ2v) is 9.90. The van der Waals surface area contributed by atoms with Gasteiger partial charge >= 0.3 is 0 Å². The van der Waals surface area contributed by atoms with E-state index in [1.165, 1.54) is 32.1 Å². The van der Waals surface area contributed by atoms with E-state index in [4.69, 9.17) is 0 Å². The van der Waals surface area contributed by atoms with Gasteiger partial charge < -0.3 is 5.11 Å². The smallest absolute Gasteiger partial charge is 0.132 e. The van der Waals surface area contributed by atoms with Crippen LogP contribution in [0.1, 0.15) is 111 Å². The van der Waals surface area contributed by atoms with Crippen LogP contribution in [0.2, 0.25) is 0 Å². The summed E-state index contributed by atoms with van der Waals surface area (Å²) in [5.41, 5.74) is -0.718. The van der Waals surface area contributed by atoms with Crippen LogP contribution < -0.4 is 0 Å². The molecule has 0 saturated carbocycles. The Labute approximate surface area is 188 Å². The number of hydrogen-bond acceptors (Lipinski definition) is 1. The first-order chi connectivity index (χ1) is 14.6. The van der Waals surface area contributed by atoms with E-state index in [9.17, 15) is 18.3 Å². The van der Waals surface area contributed by atoms with Crippen LogP contribution in [0, 0.1) is 35.2 Å². The van der Waals surface area contributed by atoms with Gasteiger partial charge in [0.1, 0.15) is 17.5 Å². The Kier molecular flexibility index (Phi) is 12.8. The Hall–Kier alpha value is -1.03. The van der Waals surface area contributed by atoms with E-state index in [1.54, 1.807) is 0 Å². The molecule has 1 aromatic carbocycles. The predicted octanol–water partition coefficient (Wildman–Crippen LogP) is 8.62. The maximum Gasteiger partial charge on any atom is 0.132 e. The third-order valence-electron chi connectivity index (χ3n) is 7.00. The molecule has 0 aliphatic heterocycles. The van der Waals surface area contributed by atoms with Crippen molar-refractivity contribution in [2.24, 2.45) is 17.8 Å². The Balaban J connectivity index is 2.60. The van der Waals surface area contributed by atoms with Gasteiger partial charge in [0.2, 0.25) is 0 Å². The molecule has 1 N–H and O–H groups in total. The lowest BCUT2D eigenvalue weighted by molar-refractivity contribution is -0.102. The molecule has 0 amide bonds. The zero-order valence-electron chi connectivity index (χ0n) is 20.5. The van der Waals surface area contributed by atoms with Gasteiger partial charge in [-0.25, -0.2) is 13.2 Å². The molecule has 0 aliphatic rings. The van der Waals surface area contributed by atoms with Crippen molar-refractivity contribution in [3.63, 3.8) is 0 Å². The van der Waals surface area contributed by atoms with Gasteiger partial charge in [0.05, 0.1) is 5.60 Å². The summed E-state index contributed by atoms with van der Waals surface area (Å²) >= 11 is 0. The van der Waals surface area contributed by atoms with Crippen molar-refractivity contribution >= 4 is 0 Å². The summed E-state index contributed by atoms with van der Waals surface area (Å²) in [6.45, 7) is 10.6. The molecule has 180 valence electrons. The Morgan fingerprint density at radius 1 is 0.742 bits per heavy atom. The lowest BCUT2D eigenvalue weighted by Gasteiger charge is -2.43. The predicted molar refractivity (Wildman–Crippen MR) is 125 cm³/mol. The summed E-state index contributed by atoms with van der Waals surface area (Å²) < 4.78 is 40.7. The molecule has 0 spiro atoms. The third kappa shape index (κ3) is 8.79. The topological polar surface area (TPSA) is 20.2 Å². The first kappa shape index (κ1) is 28.0. The lowest BCUT2D eigenvalue weighted by atomic mass is 9.68. The van der Waals surface area contributed by atoms with Crippen LogP contribution in [0.15, 0.2) is 12.1 Å². The van der Waals surface area contributed by atoms with Gasteiger partial charge in [-0.05, 0) is 43.4 Å². The summed E-state index contributed by atoms with van der Waals surface area (Å²) in [6.07, 6.45) is 12.1. The maximum absolute atomic E-state index is 13.8. The third-order valence-corrected chi connectivity index (χ3v) is 7.00. The van der Waals surface area contributed by atoms with Crippen LogP contribution in [-0.2, 0) is 6.42 Å². The zero-order chi connectivity index (χ0) is 23.4. The van der Waals surface area contributed by atoms with Crippen molar-refractivity contribution in [1.82, 2.24) is 0 Å². The molecule has 1 rings (SSSR count). The van der Waals surface area contributed by atoms with E-state index < -0.39 is 23.1 Å². The van der Waals surface area contributed by atoms with Crippen LogP contribution in [-0.4, -0.2) is 10.7 Å². The standard InChI is InChI=1S/C27H45F3O/c1-6-7-8-9-10-12-15-22(27(31,20(2)3)21(4)5)16-13-11-14-17-24-25(29)18-23(28)19-26(24)30/h18-22,31H,6-17H2,1-5H3. The highest BCUT2D eigenvalue weighted by Gasteiger charge is 2.41. The van der Waals surface area contributed by atoms with Crippen LogP contribution in [0.5, 0.6) is 0 Å². The van der Waals surface area contributed by atoms with Gasteiger partial charge in [0.15, 0.2) is 0 Å². The van der Waals surface area contributed by atoms with E-state index in [0.29, 0.717) is 6.42 Å². The summed E-state index contributed by atoms with van der Waals surface area (Å²) in [5.74, 6) is -1.88. The molecule has 0 saturated heterocycles. The minimum atomic E-state index is -0.877. The highest BCUT2D eigenvalue weighted by molar-refractivity contribution is 5.20. The molecule has 0 heterocycles. The number of halogens is 3. The van der Waals surface area contributed by atoms with Gasteiger partial charge in [-0.1, -0.05) is 86.0 Å². The summed E-state index contributed by atoms with van der Waals surface area (Å²) in [7, 11) is 0. The fourth-order valence-electron chi connectivity index (χ4n) is 5.07. The first-order valence-corrected chi connectivity index (χ1v) is 12.5. The average molecular weight is 443 g/mol. The summed E-state index contributed by atoms with van der Waals surface area (Å²) in [5, 5.41) is 11.6. The fourth-order valence-corrected chi connectivity index (χ4v) is 5.07. The quantitative estimate of drug-likeness (QED) is 0.254. The Morgan fingerprint density at radius 3 is 1.68 bits per heavy atom. The average Bonchev–Trinajstić information content (AvgIpc) is 2.69. The van der Waals surface area contributed by atoms with Crippen LogP contribution in [0.4, 0.5) is 13.2 Å². The second-order valence-electron chi connectivity index (χ2n) is 9.90. The molecule has 0 aliphatic carbocycles.